The molecule has 2 atom stereocenters. The van der Waals surface area contributed by atoms with Crippen molar-refractivity contribution in [3.8, 4) is 0 Å². The Morgan fingerprint density at radius 3 is 2.89 bits per heavy atom. The van der Waals surface area contributed by atoms with Crippen molar-refractivity contribution in [2.24, 2.45) is 5.84 Å². The van der Waals surface area contributed by atoms with Gasteiger partial charge in [-0.3, -0.25) is 11.3 Å². The molecule has 3 nitrogen and oxygen atoms in total. The molecule has 0 bridgehead atoms. The third-order valence-electron chi connectivity index (χ3n) is 3.35. The van der Waals surface area contributed by atoms with Crippen LogP contribution in [0, 0.1) is 11.6 Å². The van der Waals surface area contributed by atoms with E-state index in [0.717, 1.165) is 25.3 Å². The number of benzene rings is 1. The highest BCUT2D eigenvalue weighted by molar-refractivity contribution is 5.20. The van der Waals surface area contributed by atoms with Crippen molar-refractivity contribution in [1.29, 1.82) is 0 Å². The Kier molecular flexibility index (Phi) is 4.63. The van der Waals surface area contributed by atoms with Gasteiger partial charge in [-0.15, -0.1) is 0 Å². The third-order valence-corrected chi connectivity index (χ3v) is 3.35. The van der Waals surface area contributed by atoms with E-state index in [-0.39, 0.29) is 12.1 Å². The molecule has 5 heteroatoms. The van der Waals surface area contributed by atoms with E-state index in [2.05, 4.69) is 5.43 Å². The minimum Gasteiger partial charge on any atom is -0.377 e. The monoisotopic (exact) mass is 256 g/mol. The standard InChI is InChI=1S/C13H18F2N2O/c14-10-5-3-4-9(13(10)15)8-11(17-16)12-6-1-2-7-18-12/h3-5,11-12,17H,1-2,6-8,16H2. The number of hydrazine groups is 1. The van der Waals surface area contributed by atoms with Crippen LogP contribution in [0.25, 0.3) is 0 Å². The lowest BCUT2D eigenvalue weighted by atomic mass is 9.96. The zero-order valence-corrected chi connectivity index (χ0v) is 10.2. The molecule has 100 valence electrons. The summed E-state index contributed by atoms with van der Waals surface area (Å²) < 4.78 is 32.3. The van der Waals surface area contributed by atoms with Gasteiger partial charge in [-0.1, -0.05) is 12.1 Å². The number of rotatable bonds is 4. The summed E-state index contributed by atoms with van der Waals surface area (Å²) in [7, 11) is 0. The summed E-state index contributed by atoms with van der Waals surface area (Å²) in [5.41, 5.74) is 2.98. The molecule has 1 fully saturated rings. The first-order valence-corrected chi connectivity index (χ1v) is 6.23. The summed E-state index contributed by atoms with van der Waals surface area (Å²) in [6, 6.07) is 4.00. The number of nitrogens with one attached hydrogen (secondary N) is 1. The fourth-order valence-electron chi connectivity index (χ4n) is 2.32. The highest BCUT2D eigenvalue weighted by Gasteiger charge is 2.25. The van der Waals surface area contributed by atoms with Crippen molar-refractivity contribution in [3.63, 3.8) is 0 Å². The zero-order chi connectivity index (χ0) is 13.0. The first kappa shape index (κ1) is 13.4. The van der Waals surface area contributed by atoms with Crippen molar-refractivity contribution in [1.82, 2.24) is 5.43 Å². The predicted octanol–water partition coefficient (Wildman–Crippen LogP) is 1.91. The van der Waals surface area contributed by atoms with Gasteiger partial charge < -0.3 is 4.74 Å². The molecule has 1 aliphatic heterocycles. The van der Waals surface area contributed by atoms with Crippen LogP contribution in [0.5, 0.6) is 0 Å². The van der Waals surface area contributed by atoms with Crippen LogP contribution in [-0.4, -0.2) is 18.8 Å². The Bertz CT molecular complexity index is 395. The maximum Gasteiger partial charge on any atom is 0.162 e. The highest BCUT2D eigenvalue weighted by Crippen LogP contribution is 2.20. The van der Waals surface area contributed by atoms with Gasteiger partial charge in [0.2, 0.25) is 0 Å². The number of halogens is 2. The van der Waals surface area contributed by atoms with E-state index in [1.807, 2.05) is 0 Å². The molecule has 1 aromatic carbocycles. The first-order chi connectivity index (χ1) is 8.72. The van der Waals surface area contributed by atoms with Gasteiger partial charge in [-0.25, -0.2) is 8.78 Å². The van der Waals surface area contributed by atoms with Crippen molar-refractivity contribution in [3.05, 3.63) is 35.4 Å². The molecule has 18 heavy (non-hydrogen) atoms. The average Bonchev–Trinajstić information content (AvgIpc) is 2.41. The summed E-state index contributed by atoms with van der Waals surface area (Å²) in [6.45, 7) is 0.703. The summed E-state index contributed by atoms with van der Waals surface area (Å²) in [5.74, 6) is 3.87. The van der Waals surface area contributed by atoms with Crippen molar-refractivity contribution >= 4 is 0 Å². The smallest absolute Gasteiger partial charge is 0.162 e. The van der Waals surface area contributed by atoms with E-state index in [1.54, 1.807) is 6.07 Å². The minimum absolute atomic E-state index is 0.0357. The number of ether oxygens (including phenoxy) is 1. The Morgan fingerprint density at radius 1 is 1.39 bits per heavy atom. The van der Waals surface area contributed by atoms with Gasteiger partial charge in [0.05, 0.1) is 12.1 Å². The second-order valence-electron chi connectivity index (χ2n) is 4.60. The molecule has 0 amide bonds. The van der Waals surface area contributed by atoms with Crippen LogP contribution in [0.2, 0.25) is 0 Å². The summed E-state index contributed by atoms with van der Waals surface area (Å²) in [4.78, 5) is 0. The molecule has 2 rings (SSSR count). The SMILES string of the molecule is NNC(Cc1cccc(F)c1F)C1CCCCO1. The predicted molar refractivity (Wildman–Crippen MR) is 64.8 cm³/mol. The van der Waals surface area contributed by atoms with Gasteiger partial charge in [0.25, 0.3) is 0 Å². The molecule has 0 spiro atoms. The molecule has 1 aromatic rings. The van der Waals surface area contributed by atoms with Crippen LogP contribution < -0.4 is 11.3 Å². The van der Waals surface area contributed by atoms with E-state index in [9.17, 15) is 8.78 Å². The van der Waals surface area contributed by atoms with Crippen molar-refractivity contribution < 1.29 is 13.5 Å². The van der Waals surface area contributed by atoms with Gasteiger partial charge >= 0.3 is 0 Å². The minimum atomic E-state index is -0.826. The van der Waals surface area contributed by atoms with Gasteiger partial charge in [0, 0.05) is 6.61 Å². The molecule has 1 saturated heterocycles. The van der Waals surface area contributed by atoms with E-state index < -0.39 is 11.6 Å². The van der Waals surface area contributed by atoms with E-state index in [4.69, 9.17) is 10.6 Å². The molecule has 0 aliphatic carbocycles. The van der Waals surface area contributed by atoms with E-state index in [1.165, 1.54) is 6.07 Å². The molecule has 0 saturated carbocycles. The first-order valence-electron chi connectivity index (χ1n) is 6.23. The maximum atomic E-state index is 13.6. The van der Waals surface area contributed by atoms with Crippen molar-refractivity contribution in [2.75, 3.05) is 6.61 Å². The molecular weight excluding hydrogens is 238 g/mol. The fourth-order valence-corrected chi connectivity index (χ4v) is 2.32. The molecular formula is C13H18F2N2O. The van der Waals surface area contributed by atoms with Gasteiger partial charge in [-0.2, -0.15) is 0 Å². The van der Waals surface area contributed by atoms with Crippen LogP contribution in [-0.2, 0) is 11.2 Å². The van der Waals surface area contributed by atoms with Gasteiger partial charge in [0.15, 0.2) is 11.6 Å². The Morgan fingerprint density at radius 2 is 2.22 bits per heavy atom. The molecule has 0 aromatic heterocycles. The molecule has 1 aliphatic rings. The topological polar surface area (TPSA) is 47.3 Å². The second kappa shape index (κ2) is 6.22. The van der Waals surface area contributed by atoms with Crippen molar-refractivity contribution in [2.45, 2.75) is 37.8 Å². The second-order valence-corrected chi connectivity index (χ2v) is 4.60. The zero-order valence-electron chi connectivity index (χ0n) is 10.2. The van der Waals surface area contributed by atoms with Crippen LogP contribution in [0.15, 0.2) is 18.2 Å². The summed E-state index contributed by atoms with van der Waals surface area (Å²) in [6.07, 6.45) is 3.30. The van der Waals surface area contributed by atoms with Crippen LogP contribution in [0.1, 0.15) is 24.8 Å². The Balaban J connectivity index is 2.07. The molecule has 0 radical (unpaired) electrons. The third kappa shape index (κ3) is 3.04. The Hall–Kier alpha value is -1.04. The number of hydrogen-bond acceptors (Lipinski definition) is 3. The number of nitrogens with two attached hydrogens (primary N) is 1. The lowest BCUT2D eigenvalue weighted by molar-refractivity contribution is -0.00760. The normalized spacial score (nSPS) is 21.8. The maximum absolute atomic E-state index is 13.6. The van der Waals surface area contributed by atoms with Crippen LogP contribution in [0.4, 0.5) is 8.78 Å². The van der Waals surface area contributed by atoms with Gasteiger partial charge in [-0.05, 0) is 37.3 Å². The molecule has 1 heterocycles. The van der Waals surface area contributed by atoms with Gasteiger partial charge in [0.1, 0.15) is 0 Å². The summed E-state index contributed by atoms with van der Waals surface area (Å²) >= 11 is 0. The molecule has 2 unspecified atom stereocenters. The quantitative estimate of drug-likeness (QED) is 0.639. The Labute approximate surface area is 105 Å². The summed E-state index contributed by atoms with van der Waals surface area (Å²) in [5, 5.41) is 0. The van der Waals surface area contributed by atoms with Crippen LogP contribution in [0.3, 0.4) is 0 Å². The fraction of sp³-hybridized carbons (Fsp3) is 0.538. The average molecular weight is 256 g/mol. The molecule has 3 N–H and O–H groups in total. The van der Waals surface area contributed by atoms with E-state index in [0.29, 0.717) is 18.6 Å². The number of hydrogen-bond donors (Lipinski definition) is 2. The van der Waals surface area contributed by atoms with E-state index >= 15 is 0 Å². The highest BCUT2D eigenvalue weighted by atomic mass is 19.2. The lowest BCUT2D eigenvalue weighted by Gasteiger charge is -2.30. The van der Waals surface area contributed by atoms with Crippen LogP contribution >= 0.6 is 0 Å². The largest absolute Gasteiger partial charge is 0.377 e. The lowest BCUT2D eigenvalue weighted by Crippen LogP contribution is -2.47.